The minimum atomic E-state index is -0.575. The van der Waals surface area contributed by atoms with Crippen LogP contribution in [0.3, 0.4) is 0 Å². The number of hydrogen-bond acceptors (Lipinski definition) is 6. The molecule has 2 aromatic rings. The minimum absolute atomic E-state index is 0.138. The fourth-order valence-corrected chi connectivity index (χ4v) is 3.95. The Morgan fingerprint density at radius 1 is 1.04 bits per heavy atom. The average molecular weight is 388 g/mol. The fourth-order valence-electron chi connectivity index (χ4n) is 3.29. The van der Waals surface area contributed by atoms with E-state index in [4.69, 9.17) is 19.9 Å². The molecule has 0 bridgehead atoms. The smallest absolute Gasteiger partial charge is 0.247 e. The first kappa shape index (κ1) is 19.4. The Labute approximate surface area is 163 Å². The van der Waals surface area contributed by atoms with Crippen molar-refractivity contribution >= 4 is 23.4 Å². The number of thioether (sulfide) groups is 1. The van der Waals surface area contributed by atoms with E-state index in [1.807, 2.05) is 12.1 Å². The number of carbonyl (C=O) groups is 1. The van der Waals surface area contributed by atoms with Crippen molar-refractivity contribution in [3.63, 3.8) is 0 Å². The molecule has 1 amide bonds. The van der Waals surface area contributed by atoms with Crippen molar-refractivity contribution in [2.75, 3.05) is 32.0 Å². The quantitative estimate of drug-likeness (QED) is 0.580. The van der Waals surface area contributed by atoms with E-state index in [0.29, 0.717) is 22.9 Å². The molecular formula is C20H24N2O4S. The van der Waals surface area contributed by atoms with Gasteiger partial charge in [0, 0.05) is 17.0 Å². The molecule has 6 nitrogen and oxygen atoms in total. The summed E-state index contributed by atoms with van der Waals surface area (Å²) in [7, 11) is 4.64. The zero-order valence-corrected chi connectivity index (χ0v) is 16.7. The van der Waals surface area contributed by atoms with Crippen molar-refractivity contribution in [3.05, 3.63) is 42.0 Å². The summed E-state index contributed by atoms with van der Waals surface area (Å²) in [6.45, 7) is 2.12. The molecule has 1 saturated heterocycles. The second-order valence-electron chi connectivity index (χ2n) is 6.06. The van der Waals surface area contributed by atoms with Gasteiger partial charge in [0.05, 0.1) is 33.1 Å². The molecule has 144 valence electrons. The molecule has 1 heterocycles. The summed E-state index contributed by atoms with van der Waals surface area (Å²) < 4.78 is 16.2. The summed E-state index contributed by atoms with van der Waals surface area (Å²) in [6, 6.07) is 10.9. The fraction of sp³-hybridized carbons (Fsp3) is 0.350. The Bertz CT molecular complexity index is 800. The van der Waals surface area contributed by atoms with E-state index in [2.05, 4.69) is 19.1 Å². The first-order valence-corrected chi connectivity index (χ1v) is 9.65. The second kappa shape index (κ2) is 8.10. The molecule has 2 aromatic carbocycles. The van der Waals surface area contributed by atoms with Gasteiger partial charge in [-0.2, -0.15) is 0 Å². The Morgan fingerprint density at radius 3 is 2.11 bits per heavy atom. The Morgan fingerprint density at radius 2 is 1.63 bits per heavy atom. The van der Waals surface area contributed by atoms with Gasteiger partial charge in [0.2, 0.25) is 11.7 Å². The third kappa shape index (κ3) is 3.44. The lowest BCUT2D eigenvalue weighted by Gasteiger charge is -2.45. The van der Waals surface area contributed by atoms with E-state index in [9.17, 15) is 4.79 Å². The van der Waals surface area contributed by atoms with Crippen LogP contribution in [0.15, 0.2) is 41.3 Å². The third-order valence-electron chi connectivity index (χ3n) is 4.60. The van der Waals surface area contributed by atoms with Crippen LogP contribution < -0.4 is 24.8 Å². The van der Waals surface area contributed by atoms with E-state index >= 15 is 0 Å². The molecule has 3 rings (SSSR count). The average Bonchev–Trinajstić information content (AvgIpc) is 2.71. The highest BCUT2D eigenvalue weighted by Crippen LogP contribution is 2.46. The van der Waals surface area contributed by atoms with E-state index in [1.165, 1.54) is 4.90 Å². The number of ether oxygens (including phenoxy) is 3. The number of anilines is 1. The number of β-lactam (4-membered cyclic amide) rings is 1. The number of carbonyl (C=O) groups excluding carboxylic acids is 1. The minimum Gasteiger partial charge on any atom is -0.493 e. The maximum absolute atomic E-state index is 12.6. The molecule has 7 heteroatoms. The van der Waals surface area contributed by atoms with Gasteiger partial charge in [0.1, 0.15) is 6.04 Å². The van der Waals surface area contributed by atoms with Crippen molar-refractivity contribution in [2.24, 2.45) is 5.73 Å². The van der Waals surface area contributed by atoms with Crippen LogP contribution in [0, 0.1) is 0 Å². The van der Waals surface area contributed by atoms with Crippen LogP contribution in [0.5, 0.6) is 17.2 Å². The van der Waals surface area contributed by atoms with Crippen LogP contribution in [-0.2, 0) is 4.79 Å². The van der Waals surface area contributed by atoms with Gasteiger partial charge in [-0.25, -0.2) is 0 Å². The predicted molar refractivity (Wildman–Crippen MR) is 107 cm³/mol. The van der Waals surface area contributed by atoms with Crippen molar-refractivity contribution in [2.45, 2.75) is 23.9 Å². The van der Waals surface area contributed by atoms with E-state index < -0.39 is 6.04 Å². The van der Waals surface area contributed by atoms with Crippen molar-refractivity contribution in [1.29, 1.82) is 0 Å². The van der Waals surface area contributed by atoms with Crippen molar-refractivity contribution in [3.8, 4) is 17.2 Å². The molecule has 1 aliphatic heterocycles. The first-order valence-electron chi connectivity index (χ1n) is 8.67. The molecule has 0 aliphatic carbocycles. The monoisotopic (exact) mass is 388 g/mol. The predicted octanol–water partition coefficient (Wildman–Crippen LogP) is 3.24. The number of hydrogen-bond donors (Lipinski definition) is 1. The van der Waals surface area contributed by atoms with Crippen LogP contribution in [0.25, 0.3) is 0 Å². The van der Waals surface area contributed by atoms with Gasteiger partial charge < -0.3 is 24.8 Å². The van der Waals surface area contributed by atoms with Crippen molar-refractivity contribution < 1.29 is 19.0 Å². The summed E-state index contributed by atoms with van der Waals surface area (Å²) in [6.07, 6.45) is 0. The maximum atomic E-state index is 12.6. The third-order valence-corrected chi connectivity index (χ3v) is 5.50. The number of benzene rings is 2. The lowest BCUT2D eigenvalue weighted by Crippen LogP contribution is -2.63. The lowest BCUT2D eigenvalue weighted by molar-refractivity contribution is -0.126. The molecule has 27 heavy (non-hydrogen) atoms. The highest BCUT2D eigenvalue weighted by Gasteiger charge is 2.47. The molecule has 0 unspecified atom stereocenters. The second-order valence-corrected chi connectivity index (χ2v) is 7.40. The topological polar surface area (TPSA) is 74.0 Å². The van der Waals surface area contributed by atoms with E-state index in [1.54, 1.807) is 50.1 Å². The van der Waals surface area contributed by atoms with Gasteiger partial charge in [-0.1, -0.05) is 19.1 Å². The highest BCUT2D eigenvalue weighted by atomic mass is 32.2. The number of nitrogens with zero attached hydrogens (tertiary/aromatic N) is 1. The van der Waals surface area contributed by atoms with Gasteiger partial charge in [0.25, 0.3) is 0 Å². The Balaban J connectivity index is 1.98. The van der Waals surface area contributed by atoms with Crippen LogP contribution in [-0.4, -0.2) is 39.0 Å². The van der Waals surface area contributed by atoms with Gasteiger partial charge >= 0.3 is 0 Å². The zero-order valence-electron chi connectivity index (χ0n) is 15.9. The molecule has 2 N–H and O–H groups in total. The van der Waals surface area contributed by atoms with Gasteiger partial charge in [0.15, 0.2) is 11.5 Å². The molecule has 0 saturated carbocycles. The van der Waals surface area contributed by atoms with Gasteiger partial charge in [-0.15, -0.1) is 11.8 Å². The van der Waals surface area contributed by atoms with E-state index in [-0.39, 0.29) is 11.9 Å². The number of rotatable bonds is 7. The van der Waals surface area contributed by atoms with Crippen LogP contribution in [0.2, 0.25) is 0 Å². The highest BCUT2D eigenvalue weighted by molar-refractivity contribution is 7.99. The van der Waals surface area contributed by atoms with Crippen LogP contribution in [0.1, 0.15) is 18.5 Å². The molecule has 0 aromatic heterocycles. The van der Waals surface area contributed by atoms with Gasteiger partial charge in [-0.05, 0) is 23.4 Å². The standard InChI is InChI=1S/C20H24N2O4S/c1-5-27-14-8-6-12(7-9-14)18-17(21)20(23)22(18)13-10-15(24-2)19(26-4)16(11-13)25-3/h6-11,17-18H,5,21H2,1-4H3/t17-,18-/m1/s1. The van der Waals surface area contributed by atoms with Crippen LogP contribution in [0.4, 0.5) is 5.69 Å². The molecule has 0 radical (unpaired) electrons. The Kier molecular flexibility index (Phi) is 5.82. The molecular weight excluding hydrogens is 364 g/mol. The number of nitrogens with two attached hydrogens (primary N) is 1. The Hall–Kier alpha value is -2.38. The lowest BCUT2D eigenvalue weighted by atomic mass is 9.88. The normalized spacial score (nSPS) is 18.9. The largest absolute Gasteiger partial charge is 0.493 e. The summed E-state index contributed by atoms with van der Waals surface area (Å²) >= 11 is 1.78. The summed E-state index contributed by atoms with van der Waals surface area (Å²) in [5.74, 6) is 2.35. The summed E-state index contributed by atoms with van der Waals surface area (Å²) in [4.78, 5) is 15.4. The number of amides is 1. The zero-order chi connectivity index (χ0) is 19.6. The molecule has 2 atom stereocenters. The number of methoxy groups -OCH3 is 3. The molecule has 0 spiro atoms. The first-order chi connectivity index (χ1) is 13.0. The summed E-state index contributed by atoms with van der Waals surface area (Å²) in [5.41, 5.74) is 7.79. The molecule has 1 aliphatic rings. The summed E-state index contributed by atoms with van der Waals surface area (Å²) in [5, 5.41) is 0. The van der Waals surface area contributed by atoms with E-state index in [0.717, 1.165) is 11.3 Å². The molecule has 1 fully saturated rings. The SMILES string of the molecule is CCSc1ccc([C@@H]2[C@@H](N)C(=O)N2c2cc(OC)c(OC)c(OC)c2)cc1. The maximum Gasteiger partial charge on any atom is 0.247 e. The van der Waals surface area contributed by atoms with Crippen molar-refractivity contribution in [1.82, 2.24) is 0 Å². The van der Waals surface area contributed by atoms with Gasteiger partial charge in [-0.3, -0.25) is 4.79 Å². The van der Waals surface area contributed by atoms with Crippen LogP contribution >= 0.6 is 11.8 Å².